The molecule has 1 fully saturated rings. The van der Waals surface area contributed by atoms with Crippen molar-refractivity contribution in [2.24, 2.45) is 11.8 Å². The summed E-state index contributed by atoms with van der Waals surface area (Å²) < 4.78 is 1.99. The van der Waals surface area contributed by atoms with Gasteiger partial charge in [-0.3, -0.25) is 16.0 Å². The molecule has 1 aromatic rings. The first-order valence-corrected chi connectivity index (χ1v) is 6.66. The molecule has 1 atom stereocenters. The topological polar surface area (TPSA) is 68.8 Å². The highest BCUT2D eigenvalue weighted by atomic mass is 15.3. The molecule has 0 spiro atoms. The van der Waals surface area contributed by atoms with Gasteiger partial charge in [-0.2, -0.15) is 5.10 Å². The highest BCUT2D eigenvalue weighted by Gasteiger charge is 2.22. The Morgan fingerprint density at radius 2 is 2.41 bits per heavy atom. The molecular formula is C12H23N5. The van der Waals surface area contributed by atoms with Crippen molar-refractivity contribution in [2.75, 3.05) is 0 Å². The molecule has 1 aliphatic rings. The van der Waals surface area contributed by atoms with E-state index in [0.717, 1.165) is 37.5 Å². The molecule has 0 aromatic carbocycles. The Kier molecular flexibility index (Phi) is 4.50. The van der Waals surface area contributed by atoms with Crippen LogP contribution in [0.2, 0.25) is 0 Å². The highest BCUT2D eigenvalue weighted by Crippen LogP contribution is 2.30. The maximum atomic E-state index is 5.63. The first kappa shape index (κ1) is 12.5. The van der Waals surface area contributed by atoms with Gasteiger partial charge in [0.1, 0.15) is 12.2 Å². The van der Waals surface area contributed by atoms with Crippen molar-refractivity contribution in [1.82, 2.24) is 20.2 Å². The van der Waals surface area contributed by atoms with E-state index in [9.17, 15) is 0 Å². The van der Waals surface area contributed by atoms with Crippen LogP contribution >= 0.6 is 0 Å². The second-order valence-electron chi connectivity index (χ2n) is 5.00. The Labute approximate surface area is 103 Å². The number of aryl methyl sites for hydroxylation is 1. The quantitative estimate of drug-likeness (QED) is 0.553. The lowest BCUT2D eigenvalue weighted by molar-refractivity contribution is 0.257. The summed E-state index contributed by atoms with van der Waals surface area (Å²) in [6.45, 7) is 3.09. The van der Waals surface area contributed by atoms with Crippen LogP contribution in [0.15, 0.2) is 6.33 Å². The van der Waals surface area contributed by atoms with E-state index < -0.39 is 0 Å². The van der Waals surface area contributed by atoms with Crippen molar-refractivity contribution in [3.05, 3.63) is 12.2 Å². The van der Waals surface area contributed by atoms with Crippen LogP contribution in [-0.4, -0.2) is 20.8 Å². The number of nitrogens with two attached hydrogens (primary N) is 1. The molecule has 2 rings (SSSR count). The summed E-state index contributed by atoms with van der Waals surface area (Å²) in [4.78, 5) is 4.33. The first-order chi connectivity index (χ1) is 8.33. The number of hydrogen-bond donors (Lipinski definition) is 2. The lowest BCUT2D eigenvalue weighted by atomic mass is 9.80. The Morgan fingerprint density at radius 3 is 3.00 bits per heavy atom. The highest BCUT2D eigenvalue weighted by molar-refractivity contribution is 4.90. The van der Waals surface area contributed by atoms with Crippen molar-refractivity contribution < 1.29 is 0 Å². The minimum Gasteiger partial charge on any atom is -0.271 e. The van der Waals surface area contributed by atoms with Crippen LogP contribution in [0.25, 0.3) is 0 Å². The van der Waals surface area contributed by atoms with E-state index in [1.807, 2.05) is 4.68 Å². The normalized spacial score (nSPS) is 18.0. The van der Waals surface area contributed by atoms with E-state index in [0.29, 0.717) is 6.04 Å². The fourth-order valence-electron chi connectivity index (χ4n) is 2.41. The zero-order valence-electron chi connectivity index (χ0n) is 10.6. The maximum Gasteiger partial charge on any atom is 0.138 e. The summed E-state index contributed by atoms with van der Waals surface area (Å²) in [5.41, 5.74) is 2.93. The number of aromatic nitrogens is 3. The second kappa shape index (κ2) is 6.12. The number of rotatable bonds is 7. The molecule has 1 saturated carbocycles. The largest absolute Gasteiger partial charge is 0.271 e. The molecule has 5 nitrogen and oxygen atoms in total. The van der Waals surface area contributed by atoms with Crippen molar-refractivity contribution in [1.29, 1.82) is 0 Å². The lowest BCUT2D eigenvalue weighted by Gasteiger charge is -2.29. The number of nitrogens with one attached hydrogen (secondary N) is 1. The summed E-state index contributed by atoms with van der Waals surface area (Å²) >= 11 is 0. The summed E-state index contributed by atoms with van der Waals surface area (Å²) in [5, 5.41) is 4.24. The standard InChI is InChI=1S/C12H23N5/c1-2-6-17-12(14-9-15-17)8-11(16-13)7-10-4-3-5-10/h9-11,16H,2-8,13H2,1H3. The monoisotopic (exact) mass is 237 g/mol. The number of hydrazine groups is 1. The van der Waals surface area contributed by atoms with E-state index >= 15 is 0 Å². The van der Waals surface area contributed by atoms with Crippen LogP contribution in [-0.2, 0) is 13.0 Å². The molecule has 5 heteroatoms. The van der Waals surface area contributed by atoms with Crippen LogP contribution in [0.5, 0.6) is 0 Å². The Bertz CT molecular complexity index is 331. The molecule has 1 heterocycles. The average Bonchev–Trinajstić information content (AvgIpc) is 2.70. The van der Waals surface area contributed by atoms with E-state index in [2.05, 4.69) is 22.4 Å². The van der Waals surface area contributed by atoms with Crippen LogP contribution in [0.4, 0.5) is 0 Å². The zero-order valence-corrected chi connectivity index (χ0v) is 10.6. The van der Waals surface area contributed by atoms with Crippen LogP contribution in [0, 0.1) is 5.92 Å². The van der Waals surface area contributed by atoms with E-state index in [-0.39, 0.29) is 0 Å². The van der Waals surface area contributed by atoms with E-state index in [1.54, 1.807) is 6.33 Å². The molecule has 17 heavy (non-hydrogen) atoms. The predicted molar refractivity (Wildman–Crippen MR) is 67.1 cm³/mol. The van der Waals surface area contributed by atoms with Gasteiger partial charge >= 0.3 is 0 Å². The van der Waals surface area contributed by atoms with E-state index in [1.165, 1.54) is 19.3 Å². The number of nitrogens with zero attached hydrogens (tertiary/aromatic N) is 3. The molecule has 0 radical (unpaired) electrons. The van der Waals surface area contributed by atoms with Gasteiger partial charge in [-0.25, -0.2) is 4.98 Å². The lowest BCUT2D eigenvalue weighted by Crippen LogP contribution is -2.39. The smallest absolute Gasteiger partial charge is 0.138 e. The average molecular weight is 237 g/mol. The SMILES string of the molecule is CCCn1ncnc1CC(CC1CCC1)NN. The van der Waals surface area contributed by atoms with Crippen molar-refractivity contribution >= 4 is 0 Å². The van der Waals surface area contributed by atoms with Gasteiger partial charge in [0.25, 0.3) is 0 Å². The summed E-state index contributed by atoms with van der Waals surface area (Å²) in [7, 11) is 0. The van der Waals surface area contributed by atoms with Crippen LogP contribution in [0.1, 0.15) is 44.9 Å². The van der Waals surface area contributed by atoms with Crippen molar-refractivity contribution in [3.63, 3.8) is 0 Å². The molecule has 1 unspecified atom stereocenters. The van der Waals surface area contributed by atoms with Crippen molar-refractivity contribution in [3.8, 4) is 0 Å². The summed E-state index contributed by atoms with van der Waals surface area (Å²) in [6, 6.07) is 0.333. The van der Waals surface area contributed by atoms with Gasteiger partial charge in [-0.15, -0.1) is 0 Å². The maximum absolute atomic E-state index is 5.63. The van der Waals surface area contributed by atoms with Gasteiger partial charge in [0.2, 0.25) is 0 Å². The minimum atomic E-state index is 0.333. The molecular weight excluding hydrogens is 214 g/mol. The molecule has 0 bridgehead atoms. The van der Waals surface area contributed by atoms with Crippen molar-refractivity contribution in [2.45, 2.75) is 58.0 Å². The fourth-order valence-corrected chi connectivity index (χ4v) is 2.41. The zero-order chi connectivity index (χ0) is 12.1. The van der Waals surface area contributed by atoms with Gasteiger partial charge in [-0.1, -0.05) is 26.2 Å². The van der Waals surface area contributed by atoms with E-state index in [4.69, 9.17) is 5.84 Å². The van der Waals surface area contributed by atoms with Gasteiger partial charge in [0, 0.05) is 19.0 Å². The summed E-state index contributed by atoms with van der Waals surface area (Å²) in [6.07, 6.45) is 8.87. The van der Waals surface area contributed by atoms with Crippen LogP contribution < -0.4 is 11.3 Å². The van der Waals surface area contributed by atoms with Gasteiger partial charge < -0.3 is 0 Å². The predicted octanol–water partition coefficient (Wildman–Crippen LogP) is 1.25. The molecule has 0 saturated heterocycles. The van der Waals surface area contributed by atoms with Gasteiger partial charge in [-0.05, 0) is 18.8 Å². The Hall–Kier alpha value is -0.940. The van der Waals surface area contributed by atoms with Gasteiger partial charge in [0.15, 0.2) is 0 Å². The molecule has 3 N–H and O–H groups in total. The molecule has 96 valence electrons. The number of hydrogen-bond acceptors (Lipinski definition) is 4. The Balaban J connectivity index is 1.89. The fraction of sp³-hybridized carbons (Fsp3) is 0.833. The second-order valence-corrected chi connectivity index (χ2v) is 5.00. The summed E-state index contributed by atoms with van der Waals surface area (Å²) in [5.74, 6) is 7.54. The third-order valence-corrected chi connectivity index (χ3v) is 3.64. The molecule has 1 aromatic heterocycles. The van der Waals surface area contributed by atoms with Crippen LogP contribution in [0.3, 0.4) is 0 Å². The molecule has 0 aliphatic heterocycles. The third-order valence-electron chi connectivity index (χ3n) is 3.64. The Morgan fingerprint density at radius 1 is 1.59 bits per heavy atom. The first-order valence-electron chi connectivity index (χ1n) is 6.66. The van der Waals surface area contributed by atoms with Gasteiger partial charge in [0.05, 0.1) is 0 Å². The molecule has 0 amide bonds. The minimum absolute atomic E-state index is 0.333. The third kappa shape index (κ3) is 3.26. The molecule has 1 aliphatic carbocycles.